The van der Waals surface area contributed by atoms with Crippen LogP contribution in [0.15, 0.2) is 365 Å². The van der Waals surface area contributed by atoms with Crippen LogP contribution in [0.5, 0.6) is 0 Å². The second kappa shape index (κ2) is 51.7. The molecule has 0 amide bonds. The average Bonchev–Trinajstić information content (AvgIpc) is 1.62. The van der Waals surface area contributed by atoms with Gasteiger partial charge in [0, 0.05) is 130 Å². The summed E-state index contributed by atoms with van der Waals surface area (Å²) in [6.45, 7) is 7.82. The van der Waals surface area contributed by atoms with E-state index in [1.54, 1.807) is 91.8 Å². The van der Waals surface area contributed by atoms with Crippen molar-refractivity contribution < 1.29 is 145 Å². The summed E-state index contributed by atoms with van der Waals surface area (Å²) in [7, 11) is 0. The van der Waals surface area contributed by atoms with E-state index in [2.05, 4.69) is 177 Å². The summed E-state index contributed by atoms with van der Waals surface area (Å²) in [5, 5.41) is 0. The Morgan fingerprint density at radius 3 is 1.19 bits per heavy atom. The maximum absolute atomic E-state index is 14.7. The van der Waals surface area contributed by atoms with Crippen LogP contribution in [-0.2, 0) is 142 Å². The van der Waals surface area contributed by atoms with E-state index in [0.29, 0.717) is 40.8 Å². The molecule has 0 N–H and O–H groups in total. The third-order valence-corrected chi connectivity index (χ3v) is 23.1. The Hall–Kier alpha value is -13.7. The van der Waals surface area contributed by atoms with Gasteiger partial charge >= 0.3 is 105 Å². The van der Waals surface area contributed by atoms with Crippen molar-refractivity contribution in [3.63, 3.8) is 0 Å². The van der Waals surface area contributed by atoms with Crippen LogP contribution in [-0.4, -0.2) is 55.6 Å². The first-order valence-corrected chi connectivity index (χ1v) is 44.6. The summed E-state index contributed by atoms with van der Waals surface area (Å²) >= 11 is 0. The molecule has 20 aromatic rings. The molecule has 0 aliphatic heterocycles. The van der Waals surface area contributed by atoms with Crippen LogP contribution in [0.2, 0.25) is 0 Å². The van der Waals surface area contributed by atoms with Gasteiger partial charge in [-0.25, -0.2) is 39.8 Å². The van der Waals surface area contributed by atoms with Gasteiger partial charge in [-0.3, -0.25) is 67.4 Å². The zero-order valence-corrected chi connectivity index (χ0v) is 88.8. The number of carbonyl (C=O) groups is 1. The minimum Gasteiger partial charge on any atom is -0.333 e. The predicted octanol–water partition coefficient (Wildman–Crippen LogP) is 27.3. The molecule has 11 nitrogen and oxygen atoms in total. The van der Waals surface area contributed by atoms with Crippen molar-refractivity contribution in [3.8, 4) is 112 Å². The van der Waals surface area contributed by atoms with E-state index in [4.69, 9.17) is 0 Å². The molecule has 10 aromatic heterocycles. The van der Waals surface area contributed by atoms with Crippen molar-refractivity contribution in [1.29, 1.82) is 0 Å². The van der Waals surface area contributed by atoms with Crippen LogP contribution >= 0.6 is 0 Å². The van der Waals surface area contributed by atoms with Crippen molar-refractivity contribution in [2.45, 2.75) is 64.2 Å². The summed E-state index contributed by atoms with van der Waals surface area (Å²) in [5.74, 6) is -8.39. The number of halogens is 8. The number of aryl methyl sites for hydroxylation is 2. The molecule has 0 radical (unpaired) electrons. The number of rotatable bonds is 20. The van der Waals surface area contributed by atoms with Crippen molar-refractivity contribution in [3.05, 3.63) is 540 Å². The predicted molar refractivity (Wildman–Crippen MR) is 525 cm³/mol. The van der Waals surface area contributed by atoms with Crippen LogP contribution in [0.1, 0.15) is 99.9 Å². The Morgan fingerprint density at radius 2 is 0.676 bits per heavy atom. The number of fused-ring (bicyclic) bond motifs is 3. The van der Waals surface area contributed by atoms with Crippen molar-refractivity contribution in [2.24, 2.45) is 0 Å². The van der Waals surface area contributed by atoms with Gasteiger partial charge in [0.2, 0.25) is 0 Å². The third-order valence-electron chi connectivity index (χ3n) is 23.1. The van der Waals surface area contributed by atoms with Crippen LogP contribution in [0.3, 0.4) is 0 Å². The molecule has 1 aliphatic rings. The summed E-state index contributed by atoms with van der Waals surface area (Å²) in [6.07, 6.45) is 19.0. The zero-order chi connectivity index (χ0) is 97.1. The number of benzene rings is 10. The Labute approximate surface area is 908 Å². The minimum atomic E-state index is -1.26. The van der Waals surface area contributed by atoms with E-state index in [0.717, 1.165) is 151 Å². The second-order valence-corrected chi connectivity index (χ2v) is 33.4. The first kappa shape index (κ1) is 110. The van der Waals surface area contributed by atoms with Crippen LogP contribution in [0.25, 0.3) is 112 Å². The molecule has 0 spiro atoms. The molecule has 726 valence electrons. The average molecular weight is 2820 g/mol. The molecule has 21 rings (SSSR count). The SMILES string of the molecule is CC(C)(c1[c-]c(-c2[c-]c(-c3ccccn3)c(F)cc2F)ccc1)c1ccccn1.CC(C)(c1[c-]c2c(cc1)Cc1ccc(-c3ccccn3)[c-]c1-2)c1ncc(F)cc1F.O=C(c1[c-]c(-c2[c-]c(-c3ccccn3)ccc2)c(F)cc1F)c1ncc(F)cc1F.[Pt+2].[Pt+2].[Pt+2].[Pt+2].[Pt+2].[c-]1c(CCc2ccccn2)cccc1-c1[c-]c(-c2ccccn2)ccc1.[c-]1c(Cc2ccccn2)cccc1-c1[c-]c(-c2ccccn2)ccc1. The molecule has 0 saturated heterocycles. The largest absolute Gasteiger partial charge is 2.00 e. The number of aromatic nitrogens is 10. The van der Waals surface area contributed by atoms with E-state index in [1.165, 1.54) is 17.2 Å². The topological polar surface area (TPSA) is 146 Å². The quantitative estimate of drug-likeness (QED) is 0.0408. The first-order valence-electron chi connectivity index (χ1n) is 44.6. The Balaban J connectivity index is 0.000000160. The Morgan fingerprint density at radius 1 is 0.276 bits per heavy atom. The normalized spacial score (nSPS) is 10.8. The molecule has 10 heterocycles. The molecule has 1 aliphatic carbocycles. The van der Waals surface area contributed by atoms with Gasteiger partial charge in [0.15, 0.2) is 0 Å². The fourth-order valence-corrected chi connectivity index (χ4v) is 15.8. The zero-order valence-electron chi connectivity index (χ0n) is 77.5. The van der Waals surface area contributed by atoms with Gasteiger partial charge in [0.25, 0.3) is 0 Å². The summed E-state index contributed by atoms with van der Waals surface area (Å²) in [5.41, 5.74) is 20.8. The van der Waals surface area contributed by atoms with Gasteiger partial charge in [-0.2, -0.15) is 148 Å². The number of hydrogen-bond donors (Lipinski definition) is 0. The minimum absolute atomic E-state index is 0. The molecule has 0 bridgehead atoms. The van der Waals surface area contributed by atoms with Gasteiger partial charge in [-0.15, -0.1) is 135 Å². The standard InChI is InChI=1S/C26H18F2N2.C25H18F2N2.C24H18N2.C23H10F4N2O.C23H16N2.5Pt/c1-26(2,25-23(28)14-20(27)15-30-25)19-9-8-17-11-16-6-7-18(12-21(16)22(17)13-19)24-5-3-4-10-29-24;1-25(2,24-11-4-6-13-29-24)18-9-7-8-17(14-18)19-15-20(22(27)16-21(19)26)23-10-3-5-12-28-23;1-3-15-25-23(11-1)14-13-19-7-5-8-20(17-19)21-9-6-10-22(18-21)24-12-2-4-16-26-24;24-15-9-20(27)22(29-12-15)23(30)17-10-16(18(25)11-19(17)26)13-4-3-5-14(8-13)21-6-1-2-7-28-21;1-3-13-24-22(11-1)16-18-7-5-8-19(15-18)20-9-6-10-21(17-20)23-12-2-4-14-25-23;;;;;/h3-10,14-15H,11H2,1-2H3;3-13,16H,1-2H3;1-12,15-16H,13-14H2;1-7,9,11-12H;1-14H,16H2;;;;;/q5*-2;5*+2. The number of pyridine rings is 10. The molecule has 0 saturated carbocycles. The second-order valence-electron chi connectivity index (χ2n) is 33.4. The van der Waals surface area contributed by atoms with Crippen molar-refractivity contribution in [2.75, 3.05) is 0 Å². The smallest absolute Gasteiger partial charge is 0.333 e. The van der Waals surface area contributed by atoms with Gasteiger partial charge in [-0.05, 0) is 91.6 Å². The van der Waals surface area contributed by atoms with Gasteiger partial charge in [0.05, 0.1) is 29.7 Å². The Bertz CT molecular complexity index is 7760. The number of ketones is 1. The van der Waals surface area contributed by atoms with Crippen molar-refractivity contribution >= 4 is 5.78 Å². The Kier molecular flexibility index (Phi) is 39.2. The maximum Gasteiger partial charge on any atom is 2.00 e. The number of hydrogen-bond acceptors (Lipinski definition) is 11. The molecule has 0 fully saturated rings. The summed E-state index contributed by atoms with van der Waals surface area (Å²) in [4.78, 5) is 54.8. The van der Waals surface area contributed by atoms with Crippen LogP contribution < -0.4 is 0 Å². The third kappa shape index (κ3) is 27.5. The fraction of sp³-hybridized carbons (Fsp3) is 0.0826. The molecule has 10 aromatic carbocycles. The summed E-state index contributed by atoms with van der Waals surface area (Å²) in [6, 6.07) is 124. The van der Waals surface area contributed by atoms with Crippen molar-refractivity contribution in [1.82, 2.24) is 49.8 Å². The van der Waals surface area contributed by atoms with Gasteiger partial charge < -0.3 is 4.79 Å². The molecular weight excluding hydrogens is 2740 g/mol. The molecule has 0 unspecified atom stereocenters. The van der Waals surface area contributed by atoms with Gasteiger partial charge in [0.1, 0.15) is 34.7 Å². The fourth-order valence-electron chi connectivity index (χ4n) is 15.8. The van der Waals surface area contributed by atoms with E-state index < -0.39 is 74.4 Å². The molecular formula is C121H80F8N10OPt5. The molecule has 24 heteroatoms. The van der Waals surface area contributed by atoms with E-state index in [9.17, 15) is 39.9 Å². The summed E-state index contributed by atoms with van der Waals surface area (Å²) < 4.78 is 113. The van der Waals surface area contributed by atoms with Gasteiger partial charge in [-0.1, -0.05) is 131 Å². The first-order chi connectivity index (χ1) is 68.1. The van der Waals surface area contributed by atoms with E-state index >= 15 is 0 Å². The van der Waals surface area contributed by atoms with E-state index in [1.807, 2.05) is 192 Å². The van der Waals surface area contributed by atoms with Crippen LogP contribution in [0, 0.1) is 107 Å². The van der Waals surface area contributed by atoms with E-state index in [-0.39, 0.29) is 133 Å². The maximum atomic E-state index is 14.7. The van der Waals surface area contributed by atoms with Crippen LogP contribution in [0.4, 0.5) is 35.1 Å². The number of nitrogens with zero attached hydrogens (tertiary/aromatic N) is 10. The monoisotopic (exact) mass is 2820 g/mol. The number of carbonyl (C=O) groups excluding carboxylic acids is 1. The molecule has 0 atom stereocenters. The molecule has 145 heavy (non-hydrogen) atoms.